The number of aromatic carboxylic acids is 1. The predicted molar refractivity (Wildman–Crippen MR) is 64.7 cm³/mol. The highest BCUT2D eigenvalue weighted by Gasteiger charge is 2.16. The fourth-order valence-electron chi connectivity index (χ4n) is 1.24. The molecule has 6 heteroatoms. The molecule has 0 amide bonds. The molecule has 0 saturated heterocycles. The maximum atomic E-state index is 10.9. The highest BCUT2D eigenvalue weighted by molar-refractivity contribution is 9.10. The number of rotatable bonds is 2. The fourth-order valence-corrected chi connectivity index (χ4v) is 2.73. The van der Waals surface area contributed by atoms with E-state index in [0.717, 1.165) is 4.47 Å². The summed E-state index contributed by atoms with van der Waals surface area (Å²) in [5, 5.41) is 9.52. The van der Waals surface area contributed by atoms with Crippen LogP contribution in [-0.2, 0) is 0 Å². The minimum atomic E-state index is -1.01. The summed E-state index contributed by atoms with van der Waals surface area (Å²) in [5.74, 6) is -1.01. The minimum Gasteiger partial charge on any atom is -0.476 e. The molecule has 2 aromatic heterocycles. The topological polar surface area (TPSA) is 63.1 Å². The van der Waals surface area contributed by atoms with Gasteiger partial charge in [0, 0.05) is 15.5 Å². The summed E-state index contributed by atoms with van der Waals surface area (Å²) >= 11 is 4.69. The van der Waals surface area contributed by atoms with Crippen LogP contribution in [0.2, 0.25) is 0 Å². The van der Waals surface area contributed by atoms with Crippen LogP contribution in [0.25, 0.3) is 10.7 Å². The molecule has 16 heavy (non-hydrogen) atoms. The number of carbonyl (C=O) groups is 1. The SMILES string of the molecule is Cc1sc(-c2ncccc2Br)nc1C(=O)O. The van der Waals surface area contributed by atoms with E-state index in [9.17, 15) is 4.79 Å². The van der Waals surface area contributed by atoms with E-state index in [-0.39, 0.29) is 5.69 Å². The van der Waals surface area contributed by atoms with Crippen molar-refractivity contribution in [3.05, 3.63) is 33.4 Å². The second-order valence-electron chi connectivity index (χ2n) is 3.06. The number of aryl methyl sites for hydroxylation is 1. The van der Waals surface area contributed by atoms with Crippen molar-refractivity contribution in [2.75, 3.05) is 0 Å². The first-order valence-corrected chi connectivity index (χ1v) is 6.02. The molecular weight excluding hydrogens is 292 g/mol. The Hall–Kier alpha value is -1.27. The summed E-state index contributed by atoms with van der Waals surface area (Å²) in [7, 11) is 0. The molecule has 0 aliphatic rings. The van der Waals surface area contributed by atoms with Crippen molar-refractivity contribution in [1.82, 2.24) is 9.97 Å². The number of carboxylic acids is 1. The molecule has 0 saturated carbocycles. The van der Waals surface area contributed by atoms with Crippen LogP contribution in [0.15, 0.2) is 22.8 Å². The van der Waals surface area contributed by atoms with E-state index >= 15 is 0 Å². The summed E-state index contributed by atoms with van der Waals surface area (Å²) in [4.78, 5) is 19.8. The Bertz CT molecular complexity index is 554. The molecule has 0 aliphatic carbocycles. The normalized spacial score (nSPS) is 10.4. The van der Waals surface area contributed by atoms with Gasteiger partial charge in [0.05, 0.1) is 0 Å². The molecule has 82 valence electrons. The fraction of sp³-hybridized carbons (Fsp3) is 0.100. The van der Waals surface area contributed by atoms with Gasteiger partial charge in [-0.1, -0.05) is 0 Å². The van der Waals surface area contributed by atoms with Gasteiger partial charge in [-0.05, 0) is 35.0 Å². The van der Waals surface area contributed by atoms with Crippen LogP contribution >= 0.6 is 27.3 Å². The van der Waals surface area contributed by atoms with E-state index in [0.29, 0.717) is 15.6 Å². The van der Waals surface area contributed by atoms with Gasteiger partial charge in [-0.2, -0.15) is 0 Å². The number of pyridine rings is 1. The third-order valence-corrected chi connectivity index (χ3v) is 3.58. The Morgan fingerprint density at radius 3 is 2.88 bits per heavy atom. The standard InChI is InChI=1S/C10H7BrN2O2S/c1-5-7(10(14)15)13-9(16-5)8-6(11)3-2-4-12-8/h2-4H,1H3,(H,14,15). The van der Waals surface area contributed by atoms with E-state index in [2.05, 4.69) is 25.9 Å². The van der Waals surface area contributed by atoms with Crippen molar-refractivity contribution in [1.29, 1.82) is 0 Å². The van der Waals surface area contributed by atoms with Crippen molar-refractivity contribution in [2.45, 2.75) is 6.92 Å². The Morgan fingerprint density at radius 1 is 1.56 bits per heavy atom. The number of hydrogen-bond donors (Lipinski definition) is 1. The van der Waals surface area contributed by atoms with Crippen molar-refractivity contribution in [2.24, 2.45) is 0 Å². The van der Waals surface area contributed by atoms with Crippen LogP contribution < -0.4 is 0 Å². The summed E-state index contributed by atoms with van der Waals surface area (Å²) in [5.41, 5.74) is 0.764. The van der Waals surface area contributed by atoms with Crippen LogP contribution in [-0.4, -0.2) is 21.0 Å². The van der Waals surface area contributed by atoms with Crippen molar-refractivity contribution in [3.8, 4) is 10.7 Å². The zero-order valence-electron chi connectivity index (χ0n) is 8.27. The van der Waals surface area contributed by atoms with E-state index in [1.807, 2.05) is 6.07 Å². The number of nitrogens with zero attached hydrogens (tertiary/aromatic N) is 2. The lowest BCUT2D eigenvalue weighted by Gasteiger charge is -1.96. The van der Waals surface area contributed by atoms with Crippen molar-refractivity contribution < 1.29 is 9.90 Å². The average molecular weight is 299 g/mol. The maximum absolute atomic E-state index is 10.9. The maximum Gasteiger partial charge on any atom is 0.355 e. The molecular formula is C10H7BrN2O2S. The summed E-state index contributed by atoms with van der Waals surface area (Å²) in [6.45, 7) is 1.74. The van der Waals surface area contributed by atoms with Crippen LogP contribution in [0.3, 0.4) is 0 Å². The van der Waals surface area contributed by atoms with Gasteiger partial charge in [0.1, 0.15) is 10.7 Å². The van der Waals surface area contributed by atoms with Crippen LogP contribution in [0, 0.1) is 6.92 Å². The zero-order chi connectivity index (χ0) is 11.7. The summed E-state index contributed by atoms with van der Waals surface area (Å²) in [6.07, 6.45) is 1.65. The largest absolute Gasteiger partial charge is 0.476 e. The third-order valence-electron chi connectivity index (χ3n) is 1.96. The monoisotopic (exact) mass is 298 g/mol. The average Bonchev–Trinajstić information content (AvgIpc) is 2.61. The van der Waals surface area contributed by atoms with Crippen molar-refractivity contribution in [3.63, 3.8) is 0 Å². The molecule has 2 heterocycles. The summed E-state index contributed by atoms with van der Waals surface area (Å²) < 4.78 is 0.806. The Kier molecular flexibility index (Phi) is 3.02. The van der Waals surface area contributed by atoms with Crippen LogP contribution in [0.5, 0.6) is 0 Å². The van der Waals surface area contributed by atoms with Gasteiger partial charge in [-0.25, -0.2) is 9.78 Å². The quantitative estimate of drug-likeness (QED) is 0.926. The first-order valence-electron chi connectivity index (χ1n) is 4.41. The molecule has 0 aliphatic heterocycles. The van der Waals surface area contributed by atoms with E-state index in [1.54, 1.807) is 19.2 Å². The number of thiazole rings is 1. The molecule has 0 bridgehead atoms. The van der Waals surface area contributed by atoms with Gasteiger partial charge in [-0.15, -0.1) is 11.3 Å². The molecule has 2 aromatic rings. The molecule has 0 atom stereocenters. The molecule has 0 radical (unpaired) electrons. The van der Waals surface area contributed by atoms with Crippen molar-refractivity contribution >= 4 is 33.2 Å². The van der Waals surface area contributed by atoms with Gasteiger partial charge < -0.3 is 5.11 Å². The lowest BCUT2D eigenvalue weighted by Crippen LogP contribution is -1.98. The first-order chi connectivity index (χ1) is 7.59. The Labute approximate surface area is 104 Å². The number of carboxylic acid groups (broad SMARTS) is 1. The smallest absolute Gasteiger partial charge is 0.355 e. The molecule has 0 unspecified atom stereocenters. The molecule has 4 nitrogen and oxygen atoms in total. The first kappa shape index (κ1) is 11.2. The molecule has 2 rings (SSSR count). The summed E-state index contributed by atoms with van der Waals surface area (Å²) in [6, 6.07) is 3.64. The molecule has 0 aromatic carbocycles. The number of hydrogen-bond acceptors (Lipinski definition) is 4. The third kappa shape index (κ3) is 1.98. The van der Waals surface area contributed by atoms with E-state index in [4.69, 9.17) is 5.11 Å². The number of aromatic nitrogens is 2. The van der Waals surface area contributed by atoms with Gasteiger partial charge in [0.25, 0.3) is 0 Å². The van der Waals surface area contributed by atoms with Crippen LogP contribution in [0.1, 0.15) is 15.4 Å². The van der Waals surface area contributed by atoms with E-state index in [1.165, 1.54) is 11.3 Å². The second kappa shape index (κ2) is 4.31. The van der Waals surface area contributed by atoms with E-state index < -0.39 is 5.97 Å². The van der Waals surface area contributed by atoms with Gasteiger partial charge in [-0.3, -0.25) is 4.98 Å². The highest BCUT2D eigenvalue weighted by Crippen LogP contribution is 2.30. The lowest BCUT2D eigenvalue weighted by atomic mass is 10.3. The highest BCUT2D eigenvalue weighted by atomic mass is 79.9. The van der Waals surface area contributed by atoms with Gasteiger partial charge in [0.15, 0.2) is 5.69 Å². The second-order valence-corrected chi connectivity index (χ2v) is 5.12. The Balaban J connectivity index is 2.54. The minimum absolute atomic E-state index is 0.0950. The van der Waals surface area contributed by atoms with Gasteiger partial charge in [0.2, 0.25) is 0 Å². The molecule has 0 fully saturated rings. The lowest BCUT2D eigenvalue weighted by molar-refractivity contribution is 0.0690. The zero-order valence-corrected chi connectivity index (χ0v) is 10.7. The van der Waals surface area contributed by atoms with Crippen LogP contribution in [0.4, 0.5) is 0 Å². The predicted octanol–water partition coefficient (Wildman–Crippen LogP) is 2.97. The molecule has 1 N–H and O–H groups in total. The van der Waals surface area contributed by atoms with Gasteiger partial charge >= 0.3 is 5.97 Å². The number of halogens is 1. The molecule has 0 spiro atoms. The Morgan fingerprint density at radius 2 is 2.31 bits per heavy atom.